The molecule has 1 fully saturated rings. The predicted octanol–water partition coefficient (Wildman–Crippen LogP) is 2.67. The Hall–Kier alpha value is -1.32. The van der Waals surface area contributed by atoms with E-state index in [1.54, 1.807) is 0 Å². The van der Waals surface area contributed by atoms with Crippen molar-refractivity contribution in [1.82, 2.24) is 4.57 Å². The van der Waals surface area contributed by atoms with E-state index >= 15 is 0 Å². The van der Waals surface area contributed by atoms with Gasteiger partial charge < -0.3 is 15.0 Å². The van der Waals surface area contributed by atoms with Crippen molar-refractivity contribution in [2.75, 3.05) is 6.61 Å². The smallest absolute Gasteiger partial charge is 0.134 e. The zero-order valence-electron chi connectivity index (χ0n) is 10.1. The van der Waals surface area contributed by atoms with Crippen molar-refractivity contribution >= 4 is 10.9 Å². The second-order valence-corrected chi connectivity index (χ2v) is 4.97. The summed E-state index contributed by atoms with van der Waals surface area (Å²) in [7, 11) is 0. The average Bonchev–Trinajstić information content (AvgIpc) is 2.72. The first kappa shape index (κ1) is 10.8. The monoisotopic (exact) mass is 230 g/mol. The van der Waals surface area contributed by atoms with Gasteiger partial charge in [-0.3, -0.25) is 0 Å². The van der Waals surface area contributed by atoms with Crippen LogP contribution in [0.2, 0.25) is 0 Å². The number of nitrogens with zero attached hydrogens (tertiary/aromatic N) is 1. The first-order chi connectivity index (χ1) is 8.18. The minimum absolute atomic E-state index is 0.219. The molecule has 2 aromatic rings. The average molecular weight is 230 g/mol. The maximum absolute atomic E-state index is 6.26. The summed E-state index contributed by atoms with van der Waals surface area (Å²) in [5, 5.41) is 1.26. The van der Waals surface area contributed by atoms with Crippen LogP contribution in [0, 0.1) is 0 Å². The second kappa shape index (κ2) is 3.86. The third-order valence-electron chi connectivity index (χ3n) is 3.66. The van der Waals surface area contributed by atoms with Crippen LogP contribution in [0.15, 0.2) is 36.5 Å². The molecule has 17 heavy (non-hydrogen) atoms. The third kappa shape index (κ3) is 1.75. The van der Waals surface area contributed by atoms with Crippen molar-refractivity contribution in [3.05, 3.63) is 36.5 Å². The summed E-state index contributed by atoms with van der Waals surface area (Å²) in [5.41, 5.74) is 6.93. The quantitative estimate of drug-likeness (QED) is 0.818. The number of ether oxygens (including phenoxy) is 1. The van der Waals surface area contributed by atoms with Crippen molar-refractivity contribution in [3.8, 4) is 0 Å². The van der Waals surface area contributed by atoms with E-state index in [9.17, 15) is 0 Å². The highest BCUT2D eigenvalue weighted by atomic mass is 16.5. The van der Waals surface area contributed by atoms with Gasteiger partial charge in [0.2, 0.25) is 0 Å². The molecule has 2 unspecified atom stereocenters. The first-order valence-electron chi connectivity index (χ1n) is 6.17. The molecule has 0 saturated carbocycles. The van der Waals surface area contributed by atoms with Crippen LogP contribution in [0.25, 0.3) is 10.9 Å². The number of hydrogen-bond donors (Lipinski definition) is 1. The summed E-state index contributed by atoms with van der Waals surface area (Å²) in [6, 6.07) is 10.8. The first-order valence-corrected chi connectivity index (χ1v) is 6.17. The molecule has 1 aromatic carbocycles. The van der Waals surface area contributed by atoms with Crippen LogP contribution in [-0.4, -0.2) is 16.9 Å². The van der Waals surface area contributed by atoms with Gasteiger partial charge in [0, 0.05) is 18.3 Å². The summed E-state index contributed by atoms with van der Waals surface area (Å²) >= 11 is 0. The Morgan fingerprint density at radius 2 is 2.18 bits per heavy atom. The number of rotatable bonds is 1. The lowest BCUT2D eigenvalue weighted by molar-refractivity contribution is -0.0948. The second-order valence-electron chi connectivity index (χ2n) is 4.97. The SMILES string of the molecule is CC1(N)OCCCC1n1ccc2ccccc21. The minimum atomic E-state index is -0.569. The summed E-state index contributed by atoms with van der Waals surface area (Å²) < 4.78 is 7.97. The van der Waals surface area contributed by atoms with Gasteiger partial charge in [0.05, 0.1) is 6.04 Å². The van der Waals surface area contributed by atoms with Gasteiger partial charge in [-0.1, -0.05) is 18.2 Å². The topological polar surface area (TPSA) is 40.2 Å². The highest BCUT2D eigenvalue weighted by molar-refractivity contribution is 5.80. The van der Waals surface area contributed by atoms with E-state index < -0.39 is 5.72 Å². The Bertz CT molecular complexity index is 530. The summed E-state index contributed by atoms with van der Waals surface area (Å²) in [5.74, 6) is 0. The van der Waals surface area contributed by atoms with Crippen LogP contribution in [0.4, 0.5) is 0 Å². The minimum Gasteiger partial charge on any atom is -0.359 e. The van der Waals surface area contributed by atoms with Gasteiger partial charge in [0.15, 0.2) is 0 Å². The van der Waals surface area contributed by atoms with E-state index in [-0.39, 0.29) is 6.04 Å². The van der Waals surface area contributed by atoms with Crippen LogP contribution in [0.3, 0.4) is 0 Å². The van der Waals surface area contributed by atoms with Crippen LogP contribution in [0.5, 0.6) is 0 Å². The molecule has 0 bridgehead atoms. The van der Waals surface area contributed by atoms with Crippen LogP contribution in [-0.2, 0) is 4.74 Å². The zero-order chi connectivity index (χ0) is 11.9. The van der Waals surface area contributed by atoms with Gasteiger partial charge in [-0.05, 0) is 37.3 Å². The van der Waals surface area contributed by atoms with E-state index in [1.165, 1.54) is 10.9 Å². The summed E-state index contributed by atoms with van der Waals surface area (Å²) in [6.07, 6.45) is 4.27. The number of nitrogens with two attached hydrogens (primary N) is 1. The lowest BCUT2D eigenvalue weighted by atomic mass is 9.98. The lowest BCUT2D eigenvalue weighted by Crippen LogP contribution is -2.50. The molecular weight excluding hydrogens is 212 g/mol. The van der Waals surface area contributed by atoms with Gasteiger partial charge >= 0.3 is 0 Å². The molecular formula is C14H18N2O. The van der Waals surface area contributed by atoms with Gasteiger partial charge in [-0.15, -0.1) is 0 Å². The molecule has 0 radical (unpaired) electrons. The Morgan fingerprint density at radius 3 is 3.00 bits per heavy atom. The summed E-state index contributed by atoms with van der Waals surface area (Å²) in [6.45, 7) is 2.74. The zero-order valence-corrected chi connectivity index (χ0v) is 10.1. The van der Waals surface area contributed by atoms with Crippen molar-refractivity contribution in [1.29, 1.82) is 0 Å². The molecule has 0 spiro atoms. The summed E-state index contributed by atoms with van der Waals surface area (Å²) in [4.78, 5) is 0. The molecule has 2 atom stereocenters. The van der Waals surface area contributed by atoms with Gasteiger partial charge in [-0.2, -0.15) is 0 Å². The number of hydrogen-bond acceptors (Lipinski definition) is 2. The van der Waals surface area contributed by atoms with Crippen LogP contribution < -0.4 is 5.73 Å². The van der Waals surface area contributed by atoms with Crippen molar-refractivity contribution < 1.29 is 4.74 Å². The van der Waals surface area contributed by atoms with E-state index in [0.717, 1.165) is 19.4 Å². The van der Waals surface area contributed by atoms with Crippen molar-refractivity contribution in [2.45, 2.75) is 31.5 Å². The Balaban J connectivity index is 2.08. The maximum Gasteiger partial charge on any atom is 0.134 e. The van der Waals surface area contributed by atoms with Gasteiger partial charge in [-0.25, -0.2) is 0 Å². The molecule has 1 aliphatic heterocycles. The number of benzene rings is 1. The predicted molar refractivity (Wildman–Crippen MR) is 68.8 cm³/mol. The Morgan fingerprint density at radius 1 is 1.35 bits per heavy atom. The van der Waals surface area contributed by atoms with E-state index in [2.05, 4.69) is 41.1 Å². The van der Waals surface area contributed by atoms with Crippen LogP contribution >= 0.6 is 0 Å². The third-order valence-corrected chi connectivity index (χ3v) is 3.66. The van der Waals surface area contributed by atoms with Gasteiger partial charge in [0.1, 0.15) is 5.72 Å². The number of fused-ring (bicyclic) bond motifs is 1. The molecule has 0 amide bonds. The fourth-order valence-corrected chi connectivity index (χ4v) is 2.74. The molecule has 3 rings (SSSR count). The molecule has 1 aliphatic rings. The highest BCUT2D eigenvalue weighted by Crippen LogP contribution is 2.33. The number of aromatic nitrogens is 1. The molecule has 1 aromatic heterocycles. The lowest BCUT2D eigenvalue weighted by Gasteiger charge is -2.39. The maximum atomic E-state index is 6.26. The molecule has 1 saturated heterocycles. The van der Waals surface area contributed by atoms with Crippen LogP contribution in [0.1, 0.15) is 25.8 Å². The van der Waals surface area contributed by atoms with Gasteiger partial charge in [0.25, 0.3) is 0 Å². The van der Waals surface area contributed by atoms with Crippen molar-refractivity contribution in [3.63, 3.8) is 0 Å². The largest absolute Gasteiger partial charge is 0.359 e. The fraction of sp³-hybridized carbons (Fsp3) is 0.429. The molecule has 3 heteroatoms. The van der Waals surface area contributed by atoms with E-state index in [0.29, 0.717) is 0 Å². The van der Waals surface area contributed by atoms with E-state index in [4.69, 9.17) is 10.5 Å². The fourth-order valence-electron chi connectivity index (χ4n) is 2.74. The van der Waals surface area contributed by atoms with E-state index in [1.807, 2.05) is 6.92 Å². The molecule has 90 valence electrons. The molecule has 2 N–H and O–H groups in total. The number of para-hydroxylation sites is 1. The highest BCUT2D eigenvalue weighted by Gasteiger charge is 2.35. The Kier molecular flexibility index (Phi) is 2.45. The molecule has 2 heterocycles. The van der Waals surface area contributed by atoms with Crippen molar-refractivity contribution in [2.24, 2.45) is 5.73 Å². The Labute approximate surface area is 101 Å². The molecule has 0 aliphatic carbocycles. The molecule has 3 nitrogen and oxygen atoms in total. The standard InChI is InChI=1S/C14H18N2O/c1-14(15)13(7-4-10-17-14)16-9-8-11-5-2-3-6-12(11)16/h2-3,5-6,8-9,13H,4,7,10,15H2,1H3. The normalized spacial score (nSPS) is 29.6.